The number of hydrogen-bond donors (Lipinski definition) is 0. The smallest absolute Gasteiger partial charge is 0.338 e. The van der Waals surface area contributed by atoms with Crippen LogP contribution in [0.25, 0.3) is 17.4 Å². The fourth-order valence-corrected chi connectivity index (χ4v) is 3.16. The Morgan fingerprint density at radius 3 is 2.44 bits per heavy atom. The van der Waals surface area contributed by atoms with E-state index in [1.165, 1.54) is 30.0 Å². The van der Waals surface area contributed by atoms with E-state index in [1.54, 1.807) is 24.3 Å². The number of carbonyl (C=O) groups is 3. The number of fused-ring (bicyclic) bond motifs is 1. The number of amides is 2. The van der Waals surface area contributed by atoms with Gasteiger partial charge in [-0.25, -0.2) is 4.79 Å². The minimum Gasteiger partial charge on any atom is -0.457 e. The van der Waals surface area contributed by atoms with Gasteiger partial charge in [0, 0.05) is 25.2 Å². The molecule has 2 aliphatic rings. The molecular formula is C19H14N2O5S. The summed E-state index contributed by atoms with van der Waals surface area (Å²) in [6.45, 7) is 0.237. The maximum atomic E-state index is 12.4. The molecule has 0 aliphatic carbocycles. The van der Waals surface area contributed by atoms with E-state index in [0.717, 1.165) is 11.1 Å². The van der Waals surface area contributed by atoms with Crippen LogP contribution >= 0.6 is 12.2 Å². The third kappa shape index (κ3) is 2.74. The van der Waals surface area contributed by atoms with E-state index in [0.29, 0.717) is 17.1 Å². The number of furan rings is 1. The highest BCUT2D eigenvalue weighted by atomic mass is 32.1. The molecule has 1 aromatic heterocycles. The molecule has 8 heteroatoms. The summed E-state index contributed by atoms with van der Waals surface area (Å²) in [5, 5.41) is 0.150. The molecule has 0 spiro atoms. The van der Waals surface area contributed by atoms with Gasteiger partial charge in [-0.2, -0.15) is 0 Å². The first-order chi connectivity index (χ1) is 12.9. The van der Waals surface area contributed by atoms with Gasteiger partial charge in [0.05, 0.1) is 5.56 Å². The number of esters is 1. The summed E-state index contributed by atoms with van der Waals surface area (Å²) in [5.41, 5.74) is 2.09. The molecule has 0 saturated carbocycles. The van der Waals surface area contributed by atoms with Crippen LogP contribution in [0.4, 0.5) is 0 Å². The van der Waals surface area contributed by atoms with Gasteiger partial charge < -0.3 is 9.15 Å². The van der Waals surface area contributed by atoms with Crippen molar-refractivity contribution in [2.75, 3.05) is 14.1 Å². The molecule has 7 nitrogen and oxygen atoms in total. The topological polar surface area (TPSA) is 80.1 Å². The second kappa shape index (κ2) is 6.17. The van der Waals surface area contributed by atoms with Gasteiger partial charge in [-0.15, -0.1) is 0 Å². The van der Waals surface area contributed by atoms with Crippen LogP contribution in [-0.4, -0.2) is 46.8 Å². The standard InChI is InChI=1S/C19H14N2O5S/c1-20-16(22)14(17(23)21(2)19(20)27)8-12-4-6-15(26-12)10-3-5-13-11(7-10)9-25-18(13)24/h3-8H,9H2,1-2H3. The molecule has 0 unspecified atom stereocenters. The van der Waals surface area contributed by atoms with E-state index in [1.807, 2.05) is 6.07 Å². The molecular weight excluding hydrogens is 368 g/mol. The normalized spacial score (nSPS) is 16.7. The SMILES string of the molecule is CN1C(=O)C(=Cc2ccc(-c3ccc4c(c3)COC4=O)o2)C(=O)N(C)C1=S. The Morgan fingerprint density at radius 1 is 1.04 bits per heavy atom. The Labute approximate surface area is 159 Å². The fourth-order valence-electron chi connectivity index (χ4n) is 2.99. The molecule has 0 atom stereocenters. The number of nitrogens with zero attached hydrogens (tertiary/aromatic N) is 2. The number of carbonyl (C=O) groups excluding carboxylic acids is 3. The van der Waals surface area contributed by atoms with Crippen molar-refractivity contribution in [1.29, 1.82) is 0 Å². The predicted octanol–water partition coefficient (Wildman–Crippen LogP) is 2.22. The van der Waals surface area contributed by atoms with Gasteiger partial charge in [0.25, 0.3) is 11.8 Å². The number of ether oxygens (including phenoxy) is 1. The van der Waals surface area contributed by atoms with Crippen molar-refractivity contribution in [3.8, 4) is 11.3 Å². The van der Waals surface area contributed by atoms with Crippen LogP contribution in [0, 0.1) is 0 Å². The second-order valence-corrected chi connectivity index (χ2v) is 6.58. The van der Waals surface area contributed by atoms with Crippen LogP contribution in [0.15, 0.2) is 40.3 Å². The van der Waals surface area contributed by atoms with E-state index in [9.17, 15) is 14.4 Å². The molecule has 1 saturated heterocycles. The van der Waals surface area contributed by atoms with Gasteiger partial charge in [-0.05, 0) is 42.6 Å². The van der Waals surface area contributed by atoms with Crippen LogP contribution in [0.1, 0.15) is 21.7 Å². The highest BCUT2D eigenvalue weighted by Gasteiger charge is 2.35. The van der Waals surface area contributed by atoms with Gasteiger partial charge in [-0.3, -0.25) is 19.4 Å². The highest BCUT2D eigenvalue weighted by molar-refractivity contribution is 7.80. The lowest BCUT2D eigenvalue weighted by Crippen LogP contribution is -2.52. The van der Waals surface area contributed by atoms with Crippen LogP contribution < -0.4 is 0 Å². The summed E-state index contributed by atoms with van der Waals surface area (Å²) in [4.78, 5) is 38.8. The van der Waals surface area contributed by atoms with Gasteiger partial charge in [0.1, 0.15) is 23.7 Å². The maximum absolute atomic E-state index is 12.4. The number of cyclic esters (lactones) is 1. The Balaban J connectivity index is 1.66. The summed E-state index contributed by atoms with van der Waals surface area (Å²) in [5.74, 6) is -0.369. The van der Waals surface area contributed by atoms with E-state index in [-0.39, 0.29) is 23.3 Å². The first-order valence-corrected chi connectivity index (χ1v) is 8.49. The first kappa shape index (κ1) is 17.2. The summed E-state index contributed by atoms with van der Waals surface area (Å²) in [6, 6.07) is 8.69. The Hall–Kier alpha value is -3.26. The lowest BCUT2D eigenvalue weighted by molar-refractivity contribution is -0.132. The zero-order valence-electron chi connectivity index (χ0n) is 14.5. The maximum Gasteiger partial charge on any atom is 0.338 e. The van der Waals surface area contributed by atoms with Crippen molar-refractivity contribution >= 4 is 41.2 Å². The molecule has 27 heavy (non-hydrogen) atoms. The summed E-state index contributed by atoms with van der Waals surface area (Å²) in [7, 11) is 3.03. The fraction of sp³-hybridized carbons (Fsp3) is 0.158. The zero-order chi connectivity index (χ0) is 19.3. The lowest BCUT2D eigenvalue weighted by Gasteiger charge is -2.31. The van der Waals surface area contributed by atoms with Crippen LogP contribution in [0.5, 0.6) is 0 Å². The minimum absolute atomic E-state index is 0.0255. The number of likely N-dealkylation sites (N-methyl/N-ethyl adjacent to an activating group) is 2. The summed E-state index contributed by atoms with van der Waals surface area (Å²) >= 11 is 5.06. The highest BCUT2D eigenvalue weighted by Crippen LogP contribution is 2.29. The largest absolute Gasteiger partial charge is 0.457 e. The predicted molar refractivity (Wildman–Crippen MR) is 99.4 cm³/mol. The van der Waals surface area contributed by atoms with Crippen molar-refractivity contribution in [2.24, 2.45) is 0 Å². The van der Waals surface area contributed by atoms with Crippen molar-refractivity contribution in [3.05, 3.63) is 52.8 Å². The molecule has 1 aromatic carbocycles. The second-order valence-electron chi connectivity index (χ2n) is 6.22. The molecule has 0 bridgehead atoms. The average molecular weight is 382 g/mol. The Morgan fingerprint density at radius 2 is 1.74 bits per heavy atom. The average Bonchev–Trinajstić information content (AvgIpc) is 3.29. The molecule has 0 N–H and O–H groups in total. The van der Waals surface area contributed by atoms with E-state index in [2.05, 4.69) is 0 Å². The Bertz CT molecular complexity index is 1030. The quantitative estimate of drug-likeness (QED) is 0.343. The lowest BCUT2D eigenvalue weighted by atomic mass is 10.0. The van der Waals surface area contributed by atoms with Gasteiger partial charge >= 0.3 is 5.97 Å². The molecule has 4 rings (SSSR count). The van der Waals surface area contributed by atoms with Crippen molar-refractivity contribution < 1.29 is 23.5 Å². The first-order valence-electron chi connectivity index (χ1n) is 8.09. The van der Waals surface area contributed by atoms with E-state index >= 15 is 0 Å². The van der Waals surface area contributed by atoms with Gasteiger partial charge in [-0.1, -0.05) is 6.07 Å². The van der Waals surface area contributed by atoms with Crippen molar-refractivity contribution in [3.63, 3.8) is 0 Å². The van der Waals surface area contributed by atoms with Crippen molar-refractivity contribution in [2.45, 2.75) is 6.61 Å². The summed E-state index contributed by atoms with van der Waals surface area (Å²) < 4.78 is 10.8. The molecule has 1 fully saturated rings. The molecule has 3 heterocycles. The van der Waals surface area contributed by atoms with Crippen LogP contribution in [-0.2, 0) is 20.9 Å². The number of hydrogen-bond acceptors (Lipinski definition) is 6. The van der Waals surface area contributed by atoms with E-state index in [4.69, 9.17) is 21.4 Å². The molecule has 2 aromatic rings. The monoisotopic (exact) mass is 382 g/mol. The minimum atomic E-state index is -0.478. The molecule has 136 valence electrons. The van der Waals surface area contributed by atoms with E-state index < -0.39 is 11.8 Å². The van der Waals surface area contributed by atoms with Crippen LogP contribution in [0.2, 0.25) is 0 Å². The third-order valence-electron chi connectivity index (χ3n) is 4.53. The zero-order valence-corrected chi connectivity index (χ0v) is 15.3. The number of rotatable bonds is 2. The van der Waals surface area contributed by atoms with Gasteiger partial charge in [0.2, 0.25) is 0 Å². The molecule has 0 radical (unpaired) electrons. The number of thiocarbonyl (C=S) groups is 1. The van der Waals surface area contributed by atoms with Crippen molar-refractivity contribution in [1.82, 2.24) is 9.80 Å². The van der Waals surface area contributed by atoms with Crippen LogP contribution in [0.3, 0.4) is 0 Å². The summed E-state index contributed by atoms with van der Waals surface area (Å²) in [6.07, 6.45) is 1.41. The van der Waals surface area contributed by atoms with Gasteiger partial charge in [0.15, 0.2) is 5.11 Å². The third-order valence-corrected chi connectivity index (χ3v) is 5.07. The molecule has 2 aliphatic heterocycles. The Kier molecular flexibility index (Phi) is 3.92. The molecule has 2 amide bonds. The number of benzene rings is 1.